The quantitative estimate of drug-likeness (QED) is 0.940. The molecule has 6 heteroatoms. The second-order valence-corrected chi connectivity index (χ2v) is 5.93. The Morgan fingerprint density at radius 2 is 2.45 bits per heavy atom. The number of anilines is 1. The molecule has 0 amide bonds. The van der Waals surface area contributed by atoms with Crippen molar-refractivity contribution in [2.45, 2.75) is 13.0 Å². The van der Waals surface area contributed by atoms with Crippen LogP contribution in [-0.4, -0.2) is 48.8 Å². The number of nitrogens with one attached hydrogen (secondary N) is 1. The third-order valence-corrected chi connectivity index (χ3v) is 4.49. The maximum absolute atomic E-state index is 13.1. The zero-order chi connectivity index (χ0) is 13.9. The largest absolute Gasteiger partial charge is 0.374 e. The smallest absolute Gasteiger partial charge is 0.183 e. The molecule has 1 saturated heterocycles. The van der Waals surface area contributed by atoms with Crippen LogP contribution in [0.2, 0.25) is 0 Å². The Hall–Kier alpha value is -1.24. The van der Waals surface area contributed by atoms with Crippen LogP contribution in [0.4, 0.5) is 9.52 Å². The molecule has 0 spiro atoms. The average Bonchev–Trinajstić information content (AvgIpc) is 2.87. The fourth-order valence-electron chi connectivity index (χ4n) is 2.37. The number of likely N-dealkylation sites (N-methyl/N-ethyl adjacent to an activating group) is 1. The van der Waals surface area contributed by atoms with Crippen molar-refractivity contribution in [3.63, 3.8) is 0 Å². The van der Waals surface area contributed by atoms with Gasteiger partial charge in [-0.2, -0.15) is 0 Å². The van der Waals surface area contributed by atoms with E-state index in [-0.39, 0.29) is 11.9 Å². The summed E-state index contributed by atoms with van der Waals surface area (Å²) in [4.78, 5) is 6.77. The minimum absolute atomic E-state index is 0.187. The van der Waals surface area contributed by atoms with Crippen molar-refractivity contribution in [1.82, 2.24) is 9.88 Å². The molecule has 0 aliphatic carbocycles. The standard InChI is InChI=1S/C14H18FN3OS/c1-2-18-5-6-19-11(9-18)8-16-14-17-12-7-10(15)3-4-13(12)20-14/h3-4,7,11H,2,5-6,8-9H2,1H3,(H,16,17). The highest BCUT2D eigenvalue weighted by atomic mass is 32.1. The number of thiazole rings is 1. The summed E-state index contributed by atoms with van der Waals surface area (Å²) in [6, 6.07) is 4.70. The fourth-order valence-corrected chi connectivity index (χ4v) is 3.22. The predicted octanol–water partition coefficient (Wildman–Crippen LogP) is 2.57. The molecule has 0 bridgehead atoms. The van der Waals surface area contributed by atoms with E-state index in [9.17, 15) is 4.39 Å². The van der Waals surface area contributed by atoms with Gasteiger partial charge >= 0.3 is 0 Å². The number of hydrogen-bond acceptors (Lipinski definition) is 5. The summed E-state index contributed by atoms with van der Waals surface area (Å²) in [6.07, 6.45) is 0.187. The minimum atomic E-state index is -0.247. The lowest BCUT2D eigenvalue weighted by Crippen LogP contribution is -2.45. The molecule has 1 fully saturated rings. The van der Waals surface area contributed by atoms with Crippen LogP contribution in [-0.2, 0) is 4.74 Å². The number of morpholine rings is 1. The van der Waals surface area contributed by atoms with Crippen molar-refractivity contribution < 1.29 is 9.13 Å². The van der Waals surface area contributed by atoms with Crippen LogP contribution < -0.4 is 5.32 Å². The summed E-state index contributed by atoms with van der Waals surface area (Å²) < 4.78 is 19.9. The summed E-state index contributed by atoms with van der Waals surface area (Å²) in [5.41, 5.74) is 0.706. The first-order valence-corrected chi connectivity index (χ1v) is 7.70. The highest BCUT2D eigenvalue weighted by molar-refractivity contribution is 7.22. The van der Waals surface area contributed by atoms with Gasteiger partial charge in [0.1, 0.15) is 5.82 Å². The van der Waals surface area contributed by atoms with E-state index in [0.29, 0.717) is 5.52 Å². The molecule has 1 aliphatic heterocycles. The molecular weight excluding hydrogens is 277 g/mol. The number of nitrogens with zero attached hydrogens (tertiary/aromatic N) is 2. The third kappa shape index (κ3) is 3.08. The molecule has 1 aromatic heterocycles. The number of hydrogen-bond donors (Lipinski definition) is 1. The van der Waals surface area contributed by atoms with Crippen LogP contribution >= 0.6 is 11.3 Å². The van der Waals surface area contributed by atoms with E-state index in [1.54, 1.807) is 17.4 Å². The van der Waals surface area contributed by atoms with Gasteiger partial charge in [0.2, 0.25) is 0 Å². The van der Waals surface area contributed by atoms with Gasteiger partial charge in [-0.25, -0.2) is 9.37 Å². The van der Waals surface area contributed by atoms with Gasteiger partial charge in [0.25, 0.3) is 0 Å². The highest BCUT2D eigenvalue weighted by Crippen LogP contribution is 2.26. The fraction of sp³-hybridized carbons (Fsp3) is 0.500. The molecule has 1 unspecified atom stereocenters. The van der Waals surface area contributed by atoms with E-state index in [1.807, 2.05) is 0 Å². The van der Waals surface area contributed by atoms with E-state index in [1.165, 1.54) is 12.1 Å². The van der Waals surface area contributed by atoms with Crippen molar-refractivity contribution in [3.8, 4) is 0 Å². The number of ether oxygens (including phenoxy) is 1. The molecule has 0 saturated carbocycles. The Bertz CT molecular complexity index is 589. The Morgan fingerprint density at radius 1 is 1.55 bits per heavy atom. The van der Waals surface area contributed by atoms with Gasteiger partial charge in [0.15, 0.2) is 5.13 Å². The van der Waals surface area contributed by atoms with Gasteiger partial charge in [0, 0.05) is 25.7 Å². The Labute approximate surface area is 121 Å². The maximum atomic E-state index is 13.1. The van der Waals surface area contributed by atoms with E-state index in [4.69, 9.17) is 4.74 Å². The first-order chi connectivity index (χ1) is 9.74. The van der Waals surface area contributed by atoms with Crippen LogP contribution in [0.3, 0.4) is 0 Å². The lowest BCUT2D eigenvalue weighted by molar-refractivity contribution is -0.0191. The summed E-state index contributed by atoms with van der Waals surface area (Å²) >= 11 is 1.54. The number of halogens is 1. The Balaban J connectivity index is 1.62. The van der Waals surface area contributed by atoms with Gasteiger partial charge in [-0.3, -0.25) is 4.90 Å². The zero-order valence-electron chi connectivity index (χ0n) is 11.4. The molecule has 20 heavy (non-hydrogen) atoms. The van der Waals surface area contributed by atoms with Crippen molar-refractivity contribution in [1.29, 1.82) is 0 Å². The topological polar surface area (TPSA) is 37.4 Å². The third-order valence-electron chi connectivity index (χ3n) is 3.50. The molecule has 2 heterocycles. The van der Waals surface area contributed by atoms with E-state index >= 15 is 0 Å². The van der Waals surface area contributed by atoms with Gasteiger partial charge < -0.3 is 10.1 Å². The van der Waals surface area contributed by atoms with Crippen LogP contribution in [0.15, 0.2) is 18.2 Å². The second-order valence-electron chi connectivity index (χ2n) is 4.90. The predicted molar refractivity (Wildman–Crippen MR) is 79.9 cm³/mol. The molecule has 1 aromatic carbocycles. The van der Waals surface area contributed by atoms with Gasteiger partial charge in [-0.15, -0.1) is 0 Å². The van der Waals surface area contributed by atoms with Crippen molar-refractivity contribution in [3.05, 3.63) is 24.0 Å². The van der Waals surface area contributed by atoms with Crippen LogP contribution in [0, 0.1) is 5.82 Å². The lowest BCUT2D eigenvalue weighted by atomic mass is 10.2. The van der Waals surface area contributed by atoms with E-state index < -0.39 is 0 Å². The number of benzene rings is 1. The van der Waals surface area contributed by atoms with E-state index in [0.717, 1.165) is 42.6 Å². The van der Waals surface area contributed by atoms with Crippen LogP contribution in [0.1, 0.15) is 6.92 Å². The molecule has 0 radical (unpaired) electrons. The van der Waals surface area contributed by atoms with Crippen LogP contribution in [0.5, 0.6) is 0 Å². The minimum Gasteiger partial charge on any atom is -0.374 e. The monoisotopic (exact) mass is 295 g/mol. The first kappa shape index (κ1) is 13.7. The summed E-state index contributed by atoms with van der Waals surface area (Å²) in [5, 5.41) is 4.12. The number of rotatable bonds is 4. The maximum Gasteiger partial charge on any atom is 0.183 e. The van der Waals surface area contributed by atoms with Crippen LogP contribution in [0.25, 0.3) is 10.2 Å². The second kappa shape index (κ2) is 6.03. The molecular formula is C14H18FN3OS. The zero-order valence-corrected chi connectivity index (χ0v) is 12.3. The number of aromatic nitrogens is 1. The molecule has 1 N–H and O–H groups in total. The molecule has 2 aromatic rings. The van der Waals surface area contributed by atoms with Gasteiger partial charge in [0.05, 0.1) is 22.9 Å². The van der Waals surface area contributed by atoms with Crippen molar-refractivity contribution >= 4 is 26.7 Å². The first-order valence-electron chi connectivity index (χ1n) is 6.88. The Morgan fingerprint density at radius 3 is 3.30 bits per heavy atom. The molecule has 108 valence electrons. The highest BCUT2D eigenvalue weighted by Gasteiger charge is 2.19. The Kier molecular flexibility index (Phi) is 4.14. The lowest BCUT2D eigenvalue weighted by Gasteiger charge is -2.32. The molecule has 4 nitrogen and oxygen atoms in total. The van der Waals surface area contributed by atoms with Gasteiger partial charge in [-0.05, 0) is 18.7 Å². The summed E-state index contributed by atoms with van der Waals surface area (Å²) in [6.45, 7) is 6.69. The molecule has 1 aliphatic rings. The van der Waals surface area contributed by atoms with Crippen molar-refractivity contribution in [2.75, 3.05) is 38.1 Å². The van der Waals surface area contributed by atoms with Gasteiger partial charge in [-0.1, -0.05) is 18.3 Å². The van der Waals surface area contributed by atoms with E-state index in [2.05, 4.69) is 22.1 Å². The SMILES string of the molecule is CCN1CCOC(CNc2nc3cc(F)ccc3s2)C1. The summed E-state index contributed by atoms with van der Waals surface area (Å²) in [5.74, 6) is -0.247. The normalized spacial score (nSPS) is 20.4. The summed E-state index contributed by atoms with van der Waals surface area (Å²) in [7, 11) is 0. The van der Waals surface area contributed by atoms with Crippen molar-refractivity contribution in [2.24, 2.45) is 0 Å². The average molecular weight is 295 g/mol. The number of fused-ring (bicyclic) bond motifs is 1. The molecule has 3 rings (SSSR count). The molecule has 1 atom stereocenters.